The van der Waals surface area contributed by atoms with Crippen LogP contribution < -0.4 is 0 Å². The Kier molecular flexibility index (Phi) is 4.66. The van der Waals surface area contributed by atoms with Gasteiger partial charge in [0, 0.05) is 13.1 Å². The highest BCUT2D eigenvalue weighted by Gasteiger charge is 2.30. The molecule has 1 aromatic rings. The summed E-state index contributed by atoms with van der Waals surface area (Å²) in [5.41, 5.74) is 0. The summed E-state index contributed by atoms with van der Waals surface area (Å²) in [7, 11) is -8.81. The van der Waals surface area contributed by atoms with Crippen LogP contribution in [0.15, 0.2) is 34.1 Å². The molecule has 0 amide bonds. The van der Waals surface area contributed by atoms with Crippen LogP contribution in [-0.4, -0.2) is 46.9 Å². The molecule has 1 aliphatic rings. The van der Waals surface area contributed by atoms with Crippen LogP contribution in [0.2, 0.25) is 0 Å². The lowest BCUT2D eigenvalue weighted by molar-refractivity contribution is -0.00278. The minimum Gasteiger partial charge on any atom is -0.375 e. The highest BCUT2D eigenvalue weighted by molar-refractivity contribution is 7.89. The zero-order chi connectivity index (χ0) is 15.7. The van der Waals surface area contributed by atoms with Gasteiger partial charge in [-0.15, -0.1) is 3.89 Å². The number of halogens is 1. The number of nitrogens with zero attached hydrogens (tertiary/aromatic N) is 1. The number of hydrogen-bond donors (Lipinski definition) is 0. The summed E-state index contributed by atoms with van der Waals surface area (Å²) in [4.78, 5) is -0.901. The summed E-state index contributed by atoms with van der Waals surface area (Å²) < 4.78 is 66.4. The molecule has 9 heteroatoms. The lowest BCUT2D eigenvalue weighted by Gasteiger charge is -2.31. The molecule has 118 valence electrons. The van der Waals surface area contributed by atoms with Crippen molar-refractivity contribution in [1.82, 2.24) is 4.31 Å². The van der Waals surface area contributed by atoms with Gasteiger partial charge in [-0.25, -0.2) is 8.42 Å². The molecule has 1 aromatic carbocycles. The normalized spacial score (nSPS) is 21.3. The second-order valence-corrected chi connectivity index (χ2v) is 7.96. The summed E-state index contributed by atoms with van der Waals surface area (Å²) in [6, 6.07) is 4.31. The molecule has 1 saturated heterocycles. The third-order valence-corrected chi connectivity index (χ3v) is 5.96. The standard InChI is InChI=1S/C12H16FNO5S2/c1-2-10-9-14(6-7-19-10)21(17,18)12-5-3-4-11(8-12)20(13,15)16/h3-5,8,10H,2,6-7,9H2,1H3. The minimum absolute atomic E-state index is 0.186. The molecular weight excluding hydrogens is 321 g/mol. The lowest BCUT2D eigenvalue weighted by Crippen LogP contribution is -2.45. The van der Waals surface area contributed by atoms with Crippen molar-refractivity contribution in [3.05, 3.63) is 24.3 Å². The minimum atomic E-state index is -4.94. The second kappa shape index (κ2) is 5.99. The topological polar surface area (TPSA) is 80.8 Å². The monoisotopic (exact) mass is 337 g/mol. The molecule has 0 aliphatic carbocycles. The third-order valence-electron chi connectivity index (χ3n) is 3.28. The molecule has 0 aromatic heterocycles. The Hall–Kier alpha value is -1.03. The van der Waals surface area contributed by atoms with E-state index < -0.39 is 25.1 Å². The van der Waals surface area contributed by atoms with Crippen LogP contribution in [0, 0.1) is 0 Å². The summed E-state index contributed by atoms with van der Waals surface area (Å²) in [6.45, 7) is 2.55. The van der Waals surface area contributed by atoms with E-state index in [9.17, 15) is 20.7 Å². The number of ether oxygens (including phenoxy) is 1. The highest BCUT2D eigenvalue weighted by Crippen LogP contribution is 2.23. The van der Waals surface area contributed by atoms with E-state index in [1.54, 1.807) is 0 Å². The van der Waals surface area contributed by atoms with Crippen LogP contribution in [0.4, 0.5) is 3.89 Å². The van der Waals surface area contributed by atoms with Gasteiger partial charge in [-0.3, -0.25) is 0 Å². The van der Waals surface area contributed by atoms with E-state index in [1.807, 2.05) is 6.92 Å². The Morgan fingerprint density at radius 3 is 2.57 bits per heavy atom. The van der Waals surface area contributed by atoms with Crippen molar-refractivity contribution in [2.24, 2.45) is 0 Å². The Balaban J connectivity index is 2.36. The molecule has 1 aliphatic heterocycles. The molecule has 21 heavy (non-hydrogen) atoms. The predicted octanol–water partition coefficient (Wildman–Crippen LogP) is 1.14. The lowest BCUT2D eigenvalue weighted by atomic mass is 10.2. The molecular formula is C12H16FNO5S2. The van der Waals surface area contributed by atoms with Crippen LogP contribution in [-0.2, 0) is 25.0 Å². The summed E-state index contributed by atoms with van der Waals surface area (Å²) in [5, 5.41) is 0. The van der Waals surface area contributed by atoms with Crippen LogP contribution in [0.5, 0.6) is 0 Å². The van der Waals surface area contributed by atoms with Crippen LogP contribution in [0.1, 0.15) is 13.3 Å². The second-order valence-electron chi connectivity index (χ2n) is 4.68. The van der Waals surface area contributed by atoms with E-state index in [0.717, 1.165) is 12.1 Å². The molecule has 1 fully saturated rings. The zero-order valence-corrected chi connectivity index (χ0v) is 13.0. The zero-order valence-electron chi connectivity index (χ0n) is 11.4. The third kappa shape index (κ3) is 3.60. The highest BCUT2D eigenvalue weighted by atomic mass is 32.3. The number of morpholine rings is 1. The van der Waals surface area contributed by atoms with Gasteiger partial charge in [0.05, 0.1) is 22.5 Å². The fourth-order valence-corrected chi connectivity index (χ4v) is 4.18. The summed E-state index contributed by atoms with van der Waals surface area (Å²) >= 11 is 0. The van der Waals surface area contributed by atoms with Gasteiger partial charge in [0.25, 0.3) is 0 Å². The smallest absolute Gasteiger partial charge is 0.332 e. The molecule has 6 nitrogen and oxygen atoms in total. The van der Waals surface area contributed by atoms with Crippen molar-refractivity contribution < 1.29 is 25.5 Å². The molecule has 1 heterocycles. The average molecular weight is 337 g/mol. The molecule has 0 spiro atoms. The first kappa shape index (κ1) is 16.3. The first-order valence-electron chi connectivity index (χ1n) is 6.41. The van der Waals surface area contributed by atoms with E-state index in [0.29, 0.717) is 6.42 Å². The van der Waals surface area contributed by atoms with Crippen molar-refractivity contribution in [3.8, 4) is 0 Å². The average Bonchev–Trinajstić information content (AvgIpc) is 2.46. The van der Waals surface area contributed by atoms with Gasteiger partial charge in [-0.2, -0.15) is 12.7 Å². The Morgan fingerprint density at radius 2 is 1.95 bits per heavy atom. The van der Waals surface area contributed by atoms with Gasteiger partial charge < -0.3 is 4.74 Å². The maximum absolute atomic E-state index is 13.0. The number of rotatable bonds is 4. The molecule has 0 bridgehead atoms. The Bertz CT molecular complexity index is 717. The van der Waals surface area contributed by atoms with E-state index in [2.05, 4.69) is 0 Å². The van der Waals surface area contributed by atoms with Gasteiger partial charge in [-0.1, -0.05) is 13.0 Å². The van der Waals surface area contributed by atoms with Crippen molar-refractivity contribution in [1.29, 1.82) is 0 Å². The van der Waals surface area contributed by atoms with E-state index >= 15 is 0 Å². The van der Waals surface area contributed by atoms with Gasteiger partial charge >= 0.3 is 10.2 Å². The van der Waals surface area contributed by atoms with Crippen molar-refractivity contribution in [2.75, 3.05) is 19.7 Å². The molecule has 1 atom stereocenters. The predicted molar refractivity (Wildman–Crippen MR) is 73.5 cm³/mol. The maximum atomic E-state index is 13.0. The Morgan fingerprint density at radius 1 is 1.29 bits per heavy atom. The van der Waals surface area contributed by atoms with Crippen molar-refractivity contribution in [2.45, 2.75) is 29.2 Å². The largest absolute Gasteiger partial charge is 0.375 e. The first-order chi connectivity index (χ1) is 9.75. The SMILES string of the molecule is CCC1CN(S(=O)(=O)c2cccc(S(=O)(=O)F)c2)CCO1. The van der Waals surface area contributed by atoms with E-state index in [4.69, 9.17) is 4.74 Å². The number of hydrogen-bond acceptors (Lipinski definition) is 5. The molecule has 0 radical (unpaired) electrons. The number of benzene rings is 1. The quantitative estimate of drug-likeness (QED) is 0.770. The summed E-state index contributed by atoms with van der Waals surface area (Å²) in [5.74, 6) is 0. The van der Waals surface area contributed by atoms with E-state index in [-0.39, 0.29) is 30.7 Å². The van der Waals surface area contributed by atoms with Crippen LogP contribution in [0.3, 0.4) is 0 Å². The Labute approximate surface area is 123 Å². The molecule has 0 N–H and O–H groups in total. The fraction of sp³-hybridized carbons (Fsp3) is 0.500. The first-order valence-corrected chi connectivity index (χ1v) is 9.24. The van der Waals surface area contributed by atoms with Crippen LogP contribution >= 0.6 is 0 Å². The summed E-state index contributed by atoms with van der Waals surface area (Å²) in [6.07, 6.45) is 0.479. The maximum Gasteiger partial charge on any atom is 0.332 e. The van der Waals surface area contributed by atoms with Gasteiger partial charge in [0.2, 0.25) is 10.0 Å². The van der Waals surface area contributed by atoms with Crippen molar-refractivity contribution >= 4 is 20.2 Å². The number of sulfonamides is 1. The van der Waals surface area contributed by atoms with Gasteiger partial charge in [0.15, 0.2) is 0 Å². The fourth-order valence-electron chi connectivity index (χ4n) is 2.09. The van der Waals surface area contributed by atoms with Crippen LogP contribution in [0.25, 0.3) is 0 Å². The van der Waals surface area contributed by atoms with Gasteiger partial charge in [0.1, 0.15) is 0 Å². The van der Waals surface area contributed by atoms with Gasteiger partial charge in [-0.05, 0) is 24.6 Å². The molecule has 2 rings (SSSR count). The van der Waals surface area contributed by atoms with Crippen molar-refractivity contribution in [3.63, 3.8) is 0 Å². The van der Waals surface area contributed by atoms with E-state index in [1.165, 1.54) is 16.4 Å². The molecule has 0 saturated carbocycles. The molecule has 1 unspecified atom stereocenters.